The van der Waals surface area contributed by atoms with Gasteiger partial charge in [-0.3, -0.25) is 4.90 Å². The topological polar surface area (TPSA) is 24.5 Å². The van der Waals surface area contributed by atoms with E-state index in [4.69, 9.17) is 4.74 Å². The molecule has 1 N–H and O–H groups in total. The lowest BCUT2D eigenvalue weighted by molar-refractivity contribution is -0.124. The van der Waals surface area contributed by atoms with E-state index in [0.717, 1.165) is 18.7 Å². The molecule has 20 heavy (non-hydrogen) atoms. The Kier molecular flexibility index (Phi) is 5.00. The maximum absolute atomic E-state index is 6.26. The lowest BCUT2D eigenvalue weighted by atomic mass is 9.78. The van der Waals surface area contributed by atoms with Crippen molar-refractivity contribution in [2.24, 2.45) is 0 Å². The average molecular weight is 280 g/mol. The molecule has 2 saturated heterocycles. The first kappa shape index (κ1) is 14.8. The number of ether oxygens (including phenoxy) is 1. The predicted octanol–water partition coefficient (Wildman–Crippen LogP) is 2.94. The summed E-state index contributed by atoms with van der Waals surface area (Å²) in [5, 5.41) is 3.66. The highest BCUT2D eigenvalue weighted by Crippen LogP contribution is 2.39. The van der Waals surface area contributed by atoms with Gasteiger partial charge in [-0.1, -0.05) is 26.2 Å². The average Bonchev–Trinajstić information content (AvgIpc) is 2.98. The number of hydrogen-bond acceptors (Lipinski definition) is 3. The van der Waals surface area contributed by atoms with Gasteiger partial charge in [-0.25, -0.2) is 0 Å². The number of nitrogens with one attached hydrogen (secondary N) is 1. The molecule has 116 valence electrons. The van der Waals surface area contributed by atoms with Crippen molar-refractivity contribution < 1.29 is 4.74 Å². The summed E-state index contributed by atoms with van der Waals surface area (Å²) >= 11 is 0. The van der Waals surface area contributed by atoms with Crippen LogP contribution in [-0.4, -0.2) is 48.8 Å². The van der Waals surface area contributed by atoms with E-state index in [1.807, 2.05) is 0 Å². The molecule has 3 heteroatoms. The van der Waals surface area contributed by atoms with E-state index >= 15 is 0 Å². The molecule has 0 aromatic carbocycles. The molecule has 3 nitrogen and oxygen atoms in total. The third-order valence-corrected chi connectivity index (χ3v) is 5.77. The highest BCUT2D eigenvalue weighted by Gasteiger charge is 2.40. The highest BCUT2D eigenvalue weighted by molar-refractivity contribution is 4.93. The molecule has 1 aliphatic carbocycles. The van der Waals surface area contributed by atoms with Crippen molar-refractivity contribution in [1.29, 1.82) is 0 Å². The van der Waals surface area contributed by atoms with Crippen LogP contribution in [0.5, 0.6) is 0 Å². The fourth-order valence-corrected chi connectivity index (χ4v) is 4.59. The van der Waals surface area contributed by atoms with Crippen molar-refractivity contribution in [3.8, 4) is 0 Å². The van der Waals surface area contributed by atoms with Crippen LogP contribution in [0.1, 0.15) is 64.7 Å². The fraction of sp³-hybridized carbons (Fsp3) is 1.00. The first-order valence-electron chi connectivity index (χ1n) is 8.93. The van der Waals surface area contributed by atoms with Gasteiger partial charge in [-0.2, -0.15) is 0 Å². The molecule has 2 heterocycles. The van der Waals surface area contributed by atoms with Crippen LogP contribution in [0.4, 0.5) is 0 Å². The second-order valence-electron chi connectivity index (χ2n) is 7.12. The van der Waals surface area contributed by atoms with Crippen molar-refractivity contribution in [1.82, 2.24) is 10.2 Å². The van der Waals surface area contributed by atoms with Gasteiger partial charge in [-0.05, 0) is 51.6 Å². The lowest BCUT2D eigenvalue weighted by Crippen LogP contribution is -2.51. The standard InChI is InChI=1S/C17H32N2O/c1-2-19(14-15-7-6-11-18-15)16-8-12-20-17(13-16)9-4-3-5-10-17/h15-16,18H,2-14H2,1H3. The van der Waals surface area contributed by atoms with E-state index in [1.165, 1.54) is 77.4 Å². The van der Waals surface area contributed by atoms with Crippen LogP contribution in [0.25, 0.3) is 0 Å². The van der Waals surface area contributed by atoms with Crippen LogP contribution in [0.15, 0.2) is 0 Å². The zero-order valence-corrected chi connectivity index (χ0v) is 13.2. The minimum absolute atomic E-state index is 0.248. The maximum Gasteiger partial charge on any atom is 0.0697 e. The summed E-state index contributed by atoms with van der Waals surface area (Å²) in [6, 6.07) is 1.49. The van der Waals surface area contributed by atoms with E-state index in [0.29, 0.717) is 0 Å². The zero-order chi connectivity index (χ0) is 13.8. The Labute approximate surface area is 124 Å². The van der Waals surface area contributed by atoms with Gasteiger partial charge in [0.1, 0.15) is 0 Å². The van der Waals surface area contributed by atoms with Crippen LogP contribution in [-0.2, 0) is 4.74 Å². The van der Waals surface area contributed by atoms with E-state index in [1.54, 1.807) is 0 Å². The summed E-state index contributed by atoms with van der Waals surface area (Å²) in [6.45, 7) is 6.98. The molecule has 2 unspecified atom stereocenters. The number of hydrogen-bond donors (Lipinski definition) is 1. The van der Waals surface area contributed by atoms with E-state index in [9.17, 15) is 0 Å². The monoisotopic (exact) mass is 280 g/mol. The summed E-state index contributed by atoms with van der Waals surface area (Å²) < 4.78 is 6.26. The molecule has 2 atom stereocenters. The van der Waals surface area contributed by atoms with Crippen molar-refractivity contribution >= 4 is 0 Å². The minimum Gasteiger partial charge on any atom is -0.375 e. The molecule has 1 spiro atoms. The van der Waals surface area contributed by atoms with Crippen molar-refractivity contribution in [2.45, 2.75) is 82.4 Å². The minimum atomic E-state index is 0.248. The van der Waals surface area contributed by atoms with Crippen LogP contribution >= 0.6 is 0 Å². The number of likely N-dealkylation sites (N-methyl/N-ethyl adjacent to an activating group) is 1. The molecular weight excluding hydrogens is 248 g/mol. The van der Waals surface area contributed by atoms with Gasteiger partial charge in [0.2, 0.25) is 0 Å². The molecule has 3 aliphatic rings. The molecule has 0 aromatic heterocycles. The first-order chi connectivity index (χ1) is 9.81. The molecule has 3 fully saturated rings. The third-order valence-electron chi connectivity index (χ3n) is 5.77. The molecule has 0 aromatic rings. The second-order valence-corrected chi connectivity index (χ2v) is 7.12. The first-order valence-corrected chi connectivity index (χ1v) is 8.93. The smallest absolute Gasteiger partial charge is 0.0697 e. The van der Waals surface area contributed by atoms with Gasteiger partial charge >= 0.3 is 0 Å². The van der Waals surface area contributed by atoms with Gasteiger partial charge in [0.15, 0.2) is 0 Å². The summed E-state index contributed by atoms with van der Waals surface area (Å²) in [5.41, 5.74) is 0.248. The van der Waals surface area contributed by atoms with E-state index in [-0.39, 0.29) is 5.60 Å². The van der Waals surface area contributed by atoms with E-state index < -0.39 is 0 Å². The normalized spacial score (nSPS) is 33.9. The molecule has 3 rings (SSSR count). The van der Waals surface area contributed by atoms with E-state index in [2.05, 4.69) is 17.1 Å². The number of rotatable bonds is 4. The zero-order valence-electron chi connectivity index (χ0n) is 13.2. The summed E-state index contributed by atoms with van der Waals surface area (Å²) in [6.07, 6.45) is 12.0. The molecule has 1 saturated carbocycles. The molecule has 2 aliphatic heterocycles. The van der Waals surface area contributed by atoms with Crippen LogP contribution in [0.2, 0.25) is 0 Å². The summed E-state index contributed by atoms with van der Waals surface area (Å²) in [7, 11) is 0. The Morgan fingerprint density at radius 2 is 2.00 bits per heavy atom. The Hall–Kier alpha value is -0.120. The summed E-state index contributed by atoms with van der Waals surface area (Å²) in [5.74, 6) is 0. The predicted molar refractivity (Wildman–Crippen MR) is 83.1 cm³/mol. The van der Waals surface area contributed by atoms with Crippen molar-refractivity contribution in [3.05, 3.63) is 0 Å². The second kappa shape index (κ2) is 6.76. The Morgan fingerprint density at radius 3 is 2.70 bits per heavy atom. The Bertz CT molecular complexity index is 290. The van der Waals surface area contributed by atoms with Crippen LogP contribution in [0, 0.1) is 0 Å². The van der Waals surface area contributed by atoms with Crippen molar-refractivity contribution in [2.75, 3.05) is 26.2 Å². The van der Waals surface area contributed by atoms with Gasteiger partial charge < -0.3 is 10.1 Å². The SMILES string of the molecule is CCN(CC1CCCN1)C1CCOC2(CCCCC2)C1. The largest absolute Gasteiger partial charge is 0.375 e. The molecular formula is C17H32N2O. The Morgan fingerprint density at radius 1 is 1.15 bits per heavy atom. The lowest BCUT2D eigenvalue weighted by Gasteiger charge is -2.47. The maximum atomic E-state index is 6.26. The quantitative estimate of drug-likeness (QED) is 0.857. The van der Waals surface area contributed by atoms with Crippen LogP contribution in [0.3, 0.4) is 0 Å². The number of nitrogens with zero attached hydrogens (tertiary/aromatic N) is 1. The third kappa shape index (κ3) is 3.37. The van der Waals surface area contributed by atoms with Gasteiger partial charge in [0, 0.05) is 25.2 Å². The highest BCUT2D eigenvalue weighted by atomic mass is 16.5. The van der Waals surface area contributed by atoms with Crippen LogP contribution < -0.4 is 5.32 Å². The molecule has 0 bridgehead atoms. The van der Waals surface area contributed by atoms with Gasteiger partial charge in [-0.15, -0.1) is 0 Å². The summed E-state index contributed by atoms with van der Waals surface area (Å²) in [4.78, 5) is 2.74. The van der Waals surface area contributed by atoms with Gasteiger partial charge in [0.25, 0.3) is 0 Å². The Balaban J connectivity index is 1.58. The molecule has 0 amide bonds. The van der Waals surface area contributed by atoms with Crippen molar-refractivity contribution in [3.63, 3.8) is 0 Å². The molecule has 0 radical (unpaired) electrons. The fourth-order valence-electron chi connectivity index (χ4n) is 4.59. The van der Waals surface area contributed by atoms with Gasteiger partial charge in [0.05, 0.1) is 5.60 Å².